The molecule has 0 saturated carbocycles. The largest absolute Gasteiger partial charge is 0.478 e. The molecule has 1 N–H and O–H groups in total. The number of hydrogen-bond acceptors (Lipinski definition) is 1. The first kappa shape index (κ1) is 10.3. The Morgan fingerprint density at radius 2 is 2.15 bits per heavy atom. The van der Waals surface area contributed by atoms with E-state index in [4.69, 9.17) is 28.3 Å². The molecule has 13 heavy (non-hydrogen) atoms. The highest BCUT2D eigenvalue weighted by molar-refractivity contribution is 6.33. The average molecular weight is 223 g/mol. The molecule has 1 aromatic rings. The Labute approximate surface area is 83.9 Å². The molecule has 0 aliphatic rings. The molecule has 0 amide bonds. The lowest BCUT2D eigenvalue weighted by Crippen LogP contribution is -2.23. The normalized spacial score (nSPS) is 15.0. The molecule has 0 aliphatic carbocycles. The second-order valence-corrected chi connectivity index (χ2v) is 3.35. The van der Waals surface area contributed by atoms with E-state index in [0.717, 1.165) is 0 Å². The van der Waals surface area contributed by atoms with Gasteiger partial charge >= 0.3 is 11.1 Å². The lowest BCUT2D eigenvalue weighted by atomic mass is 10.1. The van der Waals surface area contributed by atoms with E-state index < -0.39 is 11.1 Å². The Morgan fingerprint density at radius 3 is 2.62 bits per heavy atom. The van der Waals surface area contributed by atoms with Gasteiger partial charge in [-0.05, 0) is 12.1 Å². The number of alkyl halides is 2. The van der Waals surface area contributed by atoms with Crippen LogP contribution in [-0.4, -0.2) is 11.1 Å². The summed E-state index contributed by atoms with van der Waals surface area (Å²) >= 11 is 10.7. The molecule has 0 saturated heterocycles. The van der Waals surface area contributed by atoms with Gasteiger partial charge in [-0.25, -0.2) is 9.18 Å². The van der Waals surface area contributed by atoms with Crippen molar-refractivity contribution in [3.8, 4) is 0 Å². The fourth-order valence-electron chi connectivity index (χ4n) is 0.807. The molecule has 70 valence electrons. The molecule has 0 radical (unpaired) electrons. The standard InChI is InChI=1S/C8H5Cl2FO2/c9-6-3-1-2-5(4-6)8(10,11)7(12)13/h1-4H,(H,12,13). The number of carboxylic acid groups (broad SMARTS) is 1. The summed E-state index contributed by atoms with van der Waals surface area (Å²) in [7, 11) is 0. The number of rotatable bonds is 2. The minimum Gasteiger partial charge on any atom is -0.478 e. The molecule has 0 aromatic heterocycles. The molecular formula is C8H5Cl2FO2. The molecule has 1 unspecified atom stereocenters. The summed E-state index contributed by atoms with van der Waals surface area (Å²) in [5.74, 6) is -1.75. The van der Waals surface area contributed by atoms with Crippen LogP contribution < -0.4 is 0 Å². The van der Waals surface area contributed by atoms with Gasteiger partial charge in [0, 0.05) is 10.6 Å². The van der Waals surface area contributed by atoms with Crippen molar-refractivity contribution >= 4 is 29.2 Å². The number of carbonyl (C=O) groups is 1. The van der Waals surface area contributed by atoms with Crippen LogP contribution in [0.15, 0.2) is 24.3 Å². The van der Waals surface area contributed by atoms with Gasteiger partial charge < -0.3 is 5.11 Å². The summed E-state index contributed by atoms with van der Waals surface area (Å²) < 4.78 is 13.2. The van der Waals surface area contributed by atoms with Gasteiger partial charge in [-0.15, -0.1) is 0 Å². The summed E-state index contributed by atoms with van der Waals surface area (Å²) in [6.45, 7) is 0. The first-order valence-electron chi connectivity index (χ1n) is 3.32. The average Bonchev–Trinajstić information content (AvgIpc) is 2.04. The van der Waals surface area contributed by atoms with E-state index in [-0.39, 0.29) is 10.6 Å². The van der Waals surface area contributed by atoms with Gasteiger partial charge in [0.25, 0.3) is 0 Å². The van der Waals surface area contributed by atoms with Crippen molar-refractivity contribution < 1.29 is 14.3 Å². The fourth-order valence-corrected chi connectivity index (χ4v) is 1.12. The van der Waals surface area contributed by atoms with E-state index in [2.05, 4.69) is 0 Å². The second kappa shape index (κ2) is 3.52. The maximum Gasteiger partial charge on any atom is 0.362 e. The van der Waals surface area contributed by atoms with Gasteiger partial charge in [0.15, 0.2) is 0 Å². The highest BCUT2D eigenvalue weighted by Crippen LogP contribution is 2.32. The number of aliphatic carboxylic acids is 1. The van der Waals surface area contributed by atoms with Gasteiger partial charge in [-0.3, -0.25) is 0 Å². The zero-order chi connectivity index (χ0) is 10.1. The number of halogens is 3. The van der Waals surface area contributed by atoms with Crippen molar-refractivity contribution in [2.45, 2.75) is 5.13 Å². The number of hydrogen-bond donors (Lipinski definition) is 1. The van der Waals surface area contributed by atoms with Gasteiger partial charge in [0.2, 0.25) is 0 Å². The Morgan fingerprint density at radius 1 is 1.54 bits per heavy atom. The van der Waals surface area contributed by atoms with E-state index in [1.54, 1.807) is 0 Å². The zero-order valence-corrected chi connectivity index (χ0v) is 7.81. The van der Waals surface area contributed by atoms with Crippen LogP contribution in [0.25, 0.3) is 0 Å². The Bertz CT molecular complexity index is 339. The SMILES string of the molecule is O=C(O)C(F)(Cl)c1cccc(Cl)c1. The third-order valence-corrected chi connectivity index (χ3v) is 2.07. The van der Waals surface area contributed by atoms with Crippen LogP contribution in [0, 0.1) is 0 Å². The molecule has 0 fully saturated rings. The van der Waals surface area contributed by atoms with Gasteiger partial charge in [0.1, 0.15) is 0 Å². The van der Waals surface area contributed by atoms with Gasteiger partial charge in [-0.1, -0.05) is 35.3 Å². The quantitative estimate of drug-likeness (QED) is 0.782. The van der Waals surface area contributed by atoms with Gasteiger partial charge in [-0.2, -0.15) is 0 Å². The van der Waals surface area contributed by atoms with Crippen LogP contribution in [0.3, 0.4) is 0 Å². The fraction of sp³-hybridized carbons (Fsp3) is 0.125. The molecule has 2 nitrogen and oxygen atoms in total. The van der Waals surface area contributed by atoms with Gasteiger partial charge in [0.05, 0.1) is 0 Å². The Kier molecular flexibility index (Phi) is 2.78. The van der Waals surface area contributed by atoms with Crippen molar-refractivity contribution in [1.29, 1.82) is 0 Å². The van der Waals surface area contributed by atoms with Crippen LogP contribution in [0.5, 0.6) is 0 Å². The number of benzene rings is 1. The predicted octanol–water partition coefficient (Wildman–Crippen LogP) is 2.79. The van der Waals surface area contributed by atoms with Crippen LogP contribution in [-0.2, 0) is 9.92 Å². The second-order valence-electron chi connectivity index (χ2n) is 2.39. The molecule has 5 heteroatoms. The zero-order valence-electron chi connectivity index (χ0n) is 6.30. The minimum absolute atomic E-state index is 0.186. The van der Waals surface area contributed by atoms with Crippen LogP contribution in [0.4, 0.5) is 4.39 Å². The van der Waals surface area contributed by atoms with E-state index in [1.165, 1.54) is 24.3 Å². The van der Waals surface area contributed by atoms with Crippen LogP contribution >= 0.6 is 23.2 Å². The molecule has 0 heterocycles. The van der Waals surface area contributed by atoms with Crippen molar-refractivity contribution in [2.75, 3.05) is 0 Å². The lowest BCUT2D eigenvalue weighted by Gasteiger charge is -2.12. The van der Waals surface area contributed by atoms with E-state index in [0.29, 0.717) is 0 Å². The third-order valence-electron chi connectivity index (χ3n) is 1.46. The van der Waals surface area contributed by atoms with E-state index in [9.17, 15) is 9.18 Å². The van der Waals surface area contributed by atoms with E-state index >= 15 is 0 Å². The Hall–Kier alpha value is -0.800. The first-order valence-corrected chi connectivity index (χ1v) is 4.07. The van der Waals surface area contributed by atoms with Crippen molar-refractivity contribution in [1.82, 2.24) is 0 Å². The monoisotopic (exact) mass is 222 g/mol. The highest BCUT2D eigenvalue weighted by atomic mass is 35.5. The summed E-state index contributed by atoms with van der Waals surface area (Å²) in [5.41, 5.74) is -0.186. The van der Waals surface area contributed by atoms with Crippen molar-refractivity contribution in [2.24, 2.45) is 0 Å². The first-order chi connectivity index (χ1) is 5.94. The molecular weight excluding hydrogens is 218 g/mol. The molecule has 0 spiro atoms. The maximum absolute atomic E-state index is 13.2. The molecule has 1 atom stereocenters. The third kappa shape index (κ3) is 2.11. The number of carboxylic acids is 1. The maximum atomic E-state index is 13.2. The van der Waals surface area contributed by atoms with Crippen molar-refractivity contribution in [3.63, 3.8) is 0 Å². The lowest BCUT2D eigenvalue weighted by molar-refractivity contribution is -0.145. The van der Waals surface area contributed by atoms with E-state index in [1.807, 2.05) is 0 Å². The van der Waals surface area contributed by atoms with Crippen LogP contribution in [0.1, 0.15) is 5.56 Å². The smallest absolute Gasteiger partial charge is 0.362 e. The predicted molar refractivity (Wildman–Crippen MR) is 47.7 cm³/mol. The van der Waals surface area contributed by atoms with Crippen LogP contribution in [0.2, 0.25) is 5.02 Å². The van der Waals surface area contributed by atoms with Crippen molar-refractivity contribution in [3.05, 3.63) is 34.9 Å². The highest BCUT2D eigenvalue weighted by Gasteiger charge is 2.38. The summed E-state index contributed by atoms with van der Waals surface area (Å²) in [5, 5.41) is 5.76. The summed E-state index contributed by atoms with van der Waals surface area (Å²) in [4.78, 5) is 10.4. The molecule has 0 aliphatic heterocycles. The molecule has 1 aromatic carbocycles. The summed E-state index contributed by atoms with van der Waals surface area (Å²) in [6, 6.07) is 5.35. The molecule has 1 rings (SSSR count). The topological polar surface area (TPSA) is 37.3 Å². The Balaban J connectivity index is 3.14. The minimum atomic E-state index is -2.91. The molecule has 0 bridgehead atoms. The summed E-state index contributed by atoms with van der Waals surface area (Å²) in [6.07, 6.45) is 0.